The van der Waals surface area contributed by atoms with Crippen LogP contribution < -0.4 is 15.8 Å². The number of guanidine groups is 1. The van der Waals surface area contributed by atoms with Crippen LogP contribution in [-0.4, -0.2) is 55.6 Å². The maximum atomic E-state index is 6.11. The highest BCUT2D eigenvalue weighted by molar-refractivity contribution is 14.0. The monoisotopic (exact) mass is 509 g/mol. The Labute approximate surface area is 191 Å². The first-order chi connectivity index (χ1) is 13.7. The van der Waals surface area contributed by atoms with E-state index in [4.69, 9.17) is 10.5 Å². The van der Waals surface area contributed by atoms with Gasteiger partial charge in [-0.15, -0.1) is 24.0 Å². The Morgan fingerprint density at radius 1 is 1.00 bits per heavy atom. The summed E-state index contributed by atoms with van der Waals surface area (Å²) in [7, 11) is 1.64. The van der Waals surface area contributed by atoms with Crippen LogP contribution in [0.15, 0.2) is 53.5 Å². The lowest BCUT2D eigenvalue weighted by Crippen LogP contribution is -2.45. The van der Waals surface area contributed by atoms with Gasteiger partial charge in [0.2, 0.25) is 0 Å². The van der Waals surface area contributed by atoms with Crippen LogP contribution in [0, 0.1) is 0 Å². The minimum absolute atomic E-state index is 0. The Hall–Kier alpha value is -1.84. The molecule has 0 unspecified atom stereocenters. The normalized spacial score (nSPS) is 15.6. The molecule has 3 rings (SSSR count). The second-order valence-electron chi connectivity index (χ2n) is 7.01. The first-order valence-electron chi connectivity index (χ1n) is 9.91. The van der Waals surface area contributed by atoms with E-state index in [1.165, 1.54) is 11.1 Å². The second-order valence-corrected chi connectivity index (χ2v) is 7.01. The van der Waals surface area contributed by atoms with Gasteiger partial charge in [-0.25, -0.2) is 4.99 Å². The Morgan fingerprint density at radius 2 is 1.62 bits per heavy atom. The van der Waals surface area contributed by atoms with Gasteiger partial charge in [-0.05, 0) is 29.8 Å². The molecule has 1 fully saturated rings. The van der Waals surface area contributed by atoms with Crippen molar-refractivity contribution in [3.63, 3.8) is 0 Å². The van der Waals surface area contributed by atoms with Crippen LogP contribution in [0.5, 0.6) is 5.75 Å². The number of nitrogens with two attached hydrogens (primary N) is 1. The lowest BCUT2D eigenvalue weighted by molar-refractivity contribution is 0.131. The standard InChI is InChI=1S/C22H31N5O.HI/c1-3-26-12-14-27(15-13-26)17-19-9-5-4-8-18(19)16-24-22(23)25-20-10-6-7-11-21(20)28-2;/h4-11H,3,12-17H2,1-2H3,(H3,23,24,25);1H. The molecule has 3 N–H and O–H groups in total. The minimum atomic E-state index is 0. The van der Waals surface area contributed by atoms with Crippen molar-refractivity contribution >= 4 is 35.6 Å². The highest BCUT2D eigenvalue weighted by Crippen LogP contribution is 2.22. The first kappa shape index (κ1) is 23.4. The number of hydrogen-bond donors (Lipinski definition) is 2. The predicted molar refractivity (Wildman–Crippen MR) is 131 cm³/mol. The van der Waals surface area contributed by atoms with E-state index in [-0.39, 0.29) is 24.0 Å². The third-order valence-corrected chi connectivity index (χ3v) is 5.21. The summed E-state index contributed by atoms with van der Waals surface area (Å²) in [4.78, 5) is 9.56. The van der Waals surface area contributed by atoms with Crippen LogP contribution >= 0.6 is 24.0 Å². The Bertz CT molecular complexity index is 790. The average molecular weight is 509 g/mol. The number of piperazine rings is 1. The molecule has 0 bridgehead atoms. The van der Waals surface area contributed by atoms with E-state index < -0.39 is 0 Å². The lowest BCUT2D eigenvalue weighted by Gasteiger charge is -2.34. The van der Waals surface area contributed by atoms with Crippen molar-refractivity contribution < 1.29 is 4.74 Å². The predicted octanol–water partition coefficient (Wildman–Crippen LogP) is 3.38. The molecule has 0 aromatic heterocycles. The van der Waals surface area contributed by atoms with Gasteiger partial charge in [0.1, 0.15) is 5.75 Å². The van der Waals surface area contributed by atoms with Crippen LogP contribution in [0.3, 0.4) is 0 Å². The average Bonchev–Trinajstić information content (AvgIpc) is 2.74. The molecule has 0 amide bonds. The van der Waals surface area contributed by atoms with Crippen molar-refractivity contribution in [1.82, 2.24) is 9.80 Å². The number of likely N-dealkylation sites (N-methyl/N-ethyl adjacent to an activating group) is 1. The topological polar surface area (TPSA) is 66.1 Å². The SMILES string of the molecule is CCN1CCN(Cc2ccccc2CN=C(N)Nc2ccccc2OC)CC1.I. The molecule has 0 atom stereocenters. The van der Waals surface area contributed by atoms with Crippen molar-refractivity contribution in [3.8, 4) is 5.75 Å². The number of hydrogen-bond acceptors (Lipinski definition) is 4. The molecule has 0 saturated carbocycles. The largest absolute Gasteiger partial charge is 0.495 e. The summed E-state index contributed by atoms with van der Waals surface area (Å²) in [6.07, 6.45) is 0. The number of benzene rings is 2. The van der Waals surface area contributed by atoms with Gasteiger partial charge in [0.15, 0.2) is 5.96 Å². The quantitative estimate of drug-likeness (QED) is 0.341. The molecular weight excluding hydrogens is 477 g/mol. The molecule has 1 saturated heterocycles. The molecule has 2 aromatic rings. The zero-order valence-electron chi connectivity index (χ0n) is 17.3. The Morgan fingerprint density at radius 3 is 2.31 bits per heavy atom. The number of nitrogens with one attached hydrogen (secondary N) is 1. The van der Waals surface area contributed by atoms with Crippen molar-refractivity contribution in [3.05, 3.63) is 59.7 Å². The first-order valence-corrected chi connectivity index (χ1v) is 9.91. The lowest BCUT2D eigenvalue weighted by atomic mass is 10.1. The summed E-state index contributed by atoms with van der Waals surface area (Å²) in [6, 6.07) is 16.2. The molecular formula is C22H32IN5O. The van der Waals surface area contributed by atoms with Gasteiger partial charge in [-0.3, -0.25) is 4.90 Å². The number of ether oxygens (including phenoxy) is 1. The van der Waals surface area contributed by atoms with Crippen molar-refractivity contribution in [2.45, 2.75) is 20.0 Å². The molecule has 0 spiro atoms. The third kappa shape index (κ3) is 6.87. The van der Waals surface area contributed by atoms with Crippen molar-refractivity contribution in [1.29, 1.82) is 0 Å². The van der Waals surface area contributed by atoms with Crippen LogP contribution in [0.1, 0.15) is 18.1 Å². The zero-order valence-corrected chi connectivity index (χ0v) is 19.6. The fourth-order valence-corrected chi connectivity index (χ4v) is 3.47. The summed E-state index contributed by atoms with van der Waals surface area (Å²) in [5, 5.41) is 3.13. The second kappa shape index (κ2) is 12.0. The number of rotatable bonds is 7. The van der Waals surface area contributed by atoms with E-state index >= 15 is 0 Å². The minimum Gasteiger partial charge on any atom is -0.495 e. The summed E-state index contributed by atoms with van der Waals surface area (Å²) in [5.74, 6) is 1.13. The third-order valence-electron chi connectivity index (χ3n) is 5.21. The van der Waals surface area contributed by atoms with Crippen LogP contribution in [-0.2, 0) is 13.1 Å². The fraction of sp³-hybridized carbons (Fsp3) is 0.409. The zero-order chi connectivity index (χ0) is 19.8. The number of para-hydroxylation sites is 2. The van der Waals surface area contributed by atoms with E-state index in [1.54, 1.807) is 7.11 Å². The van der Waals surface area contributed by atoms with Crippen LogP contribution in [0.4, 0.5) is 5.69 Å². The summed E-state index contributed by atoms with van der Waals surface area (Å²) < 4.78 is 5.35. The van der Waals surface area contributed by atoms with Crippen molar-refractivity contribution in [2.75, 3.05) is 45.2 Å². The summed E-state index contributed by atoms with van der Waals surface area (Å²) >= 11 is 0. The maximum Gasteiger partial charge on any atom is 0.193 e. The van der Waals surface area contributed by atoms with Gasteiger partial charge in [0.25, 0.3) is 0 Å². The van der Waals surface area contributed by atoms with Crippen LogP contribution in [0.25, 0.3) is 0 Å². The van der Waals surface area contributed by atoms with Gasteiger partial charge in [-0.1, -0.05) is 43.3 Å². The Kier molecular flexibility index (Phi) is 9.69. The number of halogens is 1. The van der Waals surface area contributed by atoms with Gasteiger partial charge >= 0.3 is 0 Å². The van der Waals surface area contributed by atoms with Crippen LogP contribution in [0.2, 0.25) is 0 Å². The number of aliphatic imine (C=N–C) groups is 1. The molecule has 29 heavy (non-hydrogen) atoms. The molecule has 6 nitrogen and oxygen atoms in total. The van der Waals surface area contributed by atoms with E-state index in [2.05, 4.69) is 51.3 Å². The van der Waals surface area contributed by atoms with Gasteiger partial charge in [0.05, 0.1) is 19.3 Å². The number of methoxy groups -OCH3 is 1. The fourth-order valence-electron chi connectivity index (χ4n) is 3.47. The van der Waals surface area contributed by atoms with Gasteiger partial charge in [0, 0.05) is 32.7 Å². The van der Waals surface area contributed by atoms with E-state index in [1.807, 2.05) is 24.3 Å². The molecule has 0 aliphatic carbocycles. The Balaban J connectivity index is 0.00000300. The smallest absolute Gasteiger partial charge is 0.193 e. The van der Waals surface area contributed by atoms with E-state index in [9.17, 15) is 0 Å². The van der Waals surface area contributed by atoms with E-state index in [0.29, 0.717) is 12.5 Å². The number of nitrogens with zero attached hydrogens (tertiary/aromatic N) is 3. The number of anilines is 1. The summed E-state index contributed by atoms with van der Waals surface area (Å²) in [5.41, 5.74) is 9.46. The molecule has 0 radical (unpaired) electrons. The van der Waals surface area contributed by atoms with E-state index in [0.717, 1.165) is 50.7 Å². The van der Waals surface area contributed by atoms with Gasteiger partial charge in [-0.2, -0.15) is 0 Å². The highest BCUT2D eigenvalue weighted by atomic mass is 127. The molecule has 7 heteroatoms. The molecule has 2 aromatic carbocycles. The van der Waals surface area contributed by atoms with Gasteiger partial charge < -0.3 is 20.7 Å². The summed E-state index contributed by atoms with van der Waals surface area (Å²) in [6.45, 7) is 9.40. The highest BCUT2D eigenvalue weighted by Gasteiger charge is 2.16. The molecule has 1 aliphatic heterocycles. The molecule has 158 valence electrons. The maximum absolute atomic E-state index is 6.11. The van der Waals surface area contributed by atoms with Crippen molar-refractivity contribution in [2.24, 2.45) is 10.7 Å². The molecule has 1 heterocycles. The molecule has 1 aliphatic rings.